The Hall–Kier alpha value is -2.97. The molecule has 0 radical (unpaired) electrons. The van der Waals surface area contributed by atoms with Gasteiger partial charge < -0.3 is 39.7 Å². The largest absolute Gasteiger partial charge is 0.456 e. The number of carbonyl (C=O) groups excluding carboxylic acids is 3. The smallest absolute Gasteiger partial charge is 0.348 e. The summed E-state index contributed by atoms with van der Waals surface area (Å²) in [6.45, 7) is 7.59. The fraction of sp³-hybridized carbons (Fsp3) is 0.571. The summed E-state index contributed by atoms with van der Waals surface area (Å²) in [5.41, 5.74) is -6.37. The Bertz CT molecular complexity index is 1590. The summed E-state index contributed by atoms with van der Waals surface area (Å²) in [5, 5.41) is 61.2. The molecular weight excluding hydrogens is 628 g/mol. The number of rotatable bonds is 6. The summed E-state index contributed by atoms with van der Waals surface area (Å²) in [7, 11) is 0. The normalized spacial score (nSPS) is 38.9. The third-order valence-corrected chi connectivity index (χ3v) is 12.5. The minimum absolute atomic E-state index is 0.0441. The second kappa shape index (κ2) is 11.6. The molecule has 1 aliphatic heterocycles. The van der Waals surface area contributed by atoms with Gasteiger partial charge in [-0.05, 0) is 42.0 Å². The highest BCUT2D eigenvalue weighted by Gasteiger charge is 2.76. The van der Waals surface area contributed by atoms with E-state index in [-0.39, 0.29) is 35.5 Å². The standard InChI is InChI=1S/C35H42O11S/c1-17(19-10-7-6-8-11-19)25(37)31(41)45-20-15-35(43)29(46-30(40)21-12-9-13-47-21)27-33(5,22(36)14-23-34(27,42)16-44-23)28(39)26(38)24(18(20)2)32(35,3)4/h6-13,17,20,22-23,25-27,29,36-38,42-43H,14-16H2,1-5H3/t17-,20?,22?,23?,25?,26?,27?,29?,33+,34-,35?/m0/s1. The first kappa shape index (κ1) is 33.9. The van der Waals surface area contributed by atoms with E-state index in [9.17, 15) is 39.9 Å². The van der Waals surface area contributed by atoms with Crippen molar-refractivity contribution in [3.63, 3.8) is 0 Å². The summed E-state index contributed by atoms with van der Waals surface area (Å²) in [5.74, 6) is -4.72. The zero-order valence-electron chi connectivity index (χ0n) is 27.0. The molecule has 3 aliphatic carbocycles. The van der Waals surface area contributed by atoms with Crippen molar-refractivity contribution >= 4 is 29.1 Å². The average molecular weight is 671 g/mol. The summed E-state index contributed by atoms with van der Waals surface area (Å²) < 4.78 is 17.7. The number of aliphatic hydroxyl groups is 5. The van der Waals surface area contributed by atoms with Crippen LogP contribution in [0.3, 0.4) is 0 Å². The fourth-order valence-corrected chi connectivity index (χ4v) is 9.15. The van der Waals surface area contributed by atoms with Crippen molar-refractivity contribution in [2.75, 3.05) is 6.61 Å². The number of thiophene rings is 1. The number of hydrogen-bond donors (Lipinski definition) is 5. The van der Waals surface area contributed by atoms with E-state index in [1.807, 2.05) is 6.07 Å². The molecule has 0 amide bonds. The van der Waals surface area contributed by atoms with Crippen LogP contribution in [0.2, 0.25) is 0 Å². The molecule has 0 spiro atoms. The number of hydrogen-bond acceptors (Lipinski definition) is 12. The first-order valence-electron chi connectivity index (χ1n) is 15.9. The van der Waals surface area contributed by atoms with Gasteiger partial charge in [0.1, 0.15) is 34.4 Å². The number of esters is 2. The monoisotopic (exact) mass is 670 g/mol. The van der Waals surface area contributed by atoms with E-state index >= 15 is 0 Å². The first-order valence-corrected chi connectivity index (χ1v) is 16.7. The van der Waals surface area contributed by atoms with Crippen LogP contribution in [0.1, 0.15) is 68.6 Å². The highest BCUT2D eigenvalue weighted by atomic mass is 32.1. The van der Waals surface area contributed by atoms with E-state index in [0.29, 0.717) is 5.56 Å². The highest BCUT2D eigenvalue weighted by Crippen LogP contribution is 2.63. The van der Waals surface area contributed by atoms with Crippen molar-refractivity contribution in [3.05, 3.63) is 69.4 Å². The quantitative estimate of drug-likeness (QED) is 0.225. The van der Waals surface area contributed by atoms with Crippen LogP contribution in [0.4, 0.5) is 0 Å². The van der Waals surface area contributed by atoms with Gasteiger partial charge >= 0.3 is 11.9 Å². The van der Waals surface area contributed by atoms with Crippen LogP contribution >= 0.6 is 11.3 Å². The molecular formula is C35H42O11S. The third kappa shape index (κ3) is 4.86. The maximum absolute atomic E-state index is 14.5. The SMILES string of the molecule is CC1=C2C(O)C(=O)[C@]3(C)C(O)CC4OC[C@@]4(O)C3C(OC(=O)c3cccs3)C(O)(CC1OC(=O)C(O)[C@@H](C)c1ccccc1)C2(C)C. The molecule has 3 fully saturated rings. The second-order valence-corrected chi connectivity index (χ2v) is 15.2. The molecule has 6 rings (SSSR count). The lowest BCUT2D eigenvalue weighted by Gasteiger charge is -2.66. The van der Waals surface area contributed by atoms with Crippen molar-refractivity contribution in [2.45, 2.75) is 101 Å². The Morgan fingerprint density at radius 1 is 1.04 bits per heavy atom. The lowest BCUT2D eigenvalue weighted by molar-refractivity contribution is -0.343. The van der Waals surface area contributed by atoms with E-state index < -0.39 is 88.2 Å². The van der Waals surface area contributed by atoms with Gasteiger partial charge in [0.25, 0.3) is 0 Å². The highest BCUT2D eigenvalue weighted by molar-refractivity contribution is 7.11. The van der Waals surface area contributed by atoms with E-state index in [4.69, 9.17) is 14.2 Å². The Morgan fingerprint density at radius 2 is 1.72 bits per heavy atom. The molecule has 5 N–H and O–H groups in total. The van der Waals surface area contributed by atoms with E-state index in [1.165, 1.54) is 13.0 Å². The van der Waals surface area contributed by atoms with Gasteiger partial charge in [-0.1, -0.05) is 57.2 Å². The topological polar surface area (TPSA) is 180 Å². The predicted molar refractivity (Wildman–Crippen MR) is 168 cm³/mol. The van der Waals surface area contributed by atoms with Crippen molar-refractivity contribution in [1.82, 2.24) is 0 Å². The summed E-state index contributed by atoms with van der Waals surface area (Å²) in [6, 6.07) is 12.1. The van der Waals surface area contributed by atoms with Gasteiger partial charge in [-0.3, -0.25) is 4.79 Å². The molecule has 1 aromatic heterocycles. The van der Waals surface area contributed by atoms with Crippen molar-refractivity contribution in [1.29, 1.82) is 0 Å². The maximum Gasteiger partial charge on any atom is 0.348 e. The van der Waals surface area contributed by atoms with Gasteiger partial charge in [0, 0.05) is 30.1 Å². The van der Waals surface area contributed by atoms with Crippen LogP contribution in [0.5, 0.6) is 0 Å². The van der Waals surface area contributed by atoms with Gasteiger partial charge in [-0.2, -0.15) is 0 Å². The van der Waals surface area contributed by atoms with Crippen molar-refractivity contribution < 1.29 is 54.1 Å². The van der Waals surface area contributed by atoms with Crippen LogP contribution in [0, 0.1) is 16.7 Å². The zero-order chi connectivity index (χ0) is 34.3. The molecule has 2 bridgehead atoms. The zero-order valence-corrected chi connectivity index (χ0v) is 27.8. The number of Topliss-reactive ketones (excluding diaryl/α,β-unsaturated/α-hetero) is 1. The van der Waals surface area contributed by atoms with Crippen LogP contribution in [-0.4, -0.2) is 97.7 Å². The number of benzene rings is 1. The number of ether oxygens (including phenoxy) is 3. The third-order valence-electron chi connectivity index (χ3n) is 11.6. The van der Waals surface area contributed by atoms with Crippen molar-refractivity contribution in [3.8, 4) is 0 Å². The predicted octanol–water partition coefficient (Wildman–Crippen LogP) is 2.29. The van der Waals surface area contributed by atoms with Crippen LogP contribution in [0.25, 0.3) is 0 Å². The molecule has 12 heteroatoms. The van der Waals surface area contributed by atoms with Crippen LogP contribution < -0.4 is 0 Å². The van der Waals surface area contributed by atoms with Gasteiger partial charge in [0.2, 0.25) is 0 Å². The fourth-order valence-electron chi connectivity index (χ4n) is 8.54. The minimum Gasteiger partial charge on any atom is -0.456 e. The summed E-state index contributed by atoms with van der Waals surface area (Å²) in [4.78, 5) is 41.8. The number of aliphatic hydroxyl groups excluding tert-OH is 3. The lowest BCUT2D eigenvalue weighted by Crippen LogP contribution is -2.81. The lowest BCUT2D eigenvalue weighted by atomic mass is 9.45. The Morgan fingerprint density at radius 3 is 2.32 bits per heavy atom. The molecule has 2 saturated carbocycles. The Kier molecular flexibility index (Phi) is 8.35. The van der Waals surface area contributed by atoms with E-state index in [0.717, 1.165) is 11.3 Å². The molecule has 8 unspecified atom stereocenters. The maximum atomic E-state index is 14.5. The minimum atomic E-state index is -2.18. The van der Waals surface area contributed by atoms with Gasteiger partial charge in [0.05, 0.1) is 24.2 Å². The second-order valence-electron chi connectivity index (χ2n) is 14.3. The van der Waals surface area contributed by atoms with Crippen LogP contribution in [-0.2, 0) is 23.8 Å². The summed E-state index contributed by atoms with van der Waals surface area (Å²) >= 11 is 1.10. The number of fused-ring (bicyclic) bond motifs is 5. The average Bonchev–Trinajstić information content (AvgIpc) is 3.58. The Balaban J connectivity index is 1.49. The van der Waals surface area contributed by atoms with E-state index in [2.05, 4.69) is 0 Å². The number of carbonyl (C=O) groups is 3. The molecule has 254 valence electrons. The summed E-state index contributed by atoms with van der Waals surface area (Å²) in [6.07, 6.45) is -9.25. The van der Waals surface area contributed by atoms with Crippen molar-refractivity contribution in [2.24, 2.45) is 16.7 Å². The van der Waals surface area contributed by atoms with E-state index in [1.54, 1.807) is 63.4 Å². The molecule has 2 heterocycles. The number of ketones is 1. The van der Waals surface area contributed by atoms with Crippen LogP contribution in [0.15, 0.2) is 59.0 Å². The van der Waals surface area contributed by atoms with Gasteiger partial charge in [0.15, 0.2) is 11.9 Å². The molecule has 4 aliphatic rings. The Labute approximate surface area is 276 Å². The molecule has 1 saturated heterocycles. The molecule has 11 nitrogen and oxygen atoms in total. The molecule has 1 aromatic carbocycles. The van der Waals surface area contributed by atoms with Gasteiger partial charge in [-0.15, -0.1) is 11.3 Å². The molecule has 47 heavy (non-hydrogen) atoms. The first-order chi connectivity index (χ1) is 22.0. The molecule has 2 aromatic rings. The molecule has 11 atom stereocenters. The van der Waals surface area contributed by atoms with Gasteiger partial charge in [-0.25, -0.2) is 9.59 Å².